The normalized spacial score (nSPS) is 12.2. The van der Waals surface area contributed by atoms with Crippen molar-refractivity contribution < 1.29 is 8.42 Å². The Hall–Kier alpha value is -1.84. The highest BCUT2D eigenvalue weighted by Crippen LogP contribution is 2.12. The molecular formula is C16H13ClO2S. The second-order valence-corrected chi connectivity index (χ2v) is 6.32. The van der Waals surface area contributed by atoms with Crippen molar-refractivity contribution in [1.82, 2.24) is 0 Å². The van der Waals surface area contributed by atoms with Gasteiger partial charge in [-0.2, -0.15) is 0 Å². The first-order valence-electron chi connectivity index (χ1n) is 5.97. The lowest BCUT2D eigenvalue weighted by molar-refractivity contribution is 0.613. The lowest BCUT2D eigenvalue weighted by atomic mass is 10.2. The molecule has 0 saturated heterocycles. The Bertz CT molecular complexity index is 715. The third-order valence-corrected chi connectivity index (χ3v) is 3.85. The van der Waals surface area contributed by atoms with Gasteiger partial charge in [-0.15, -0.1) is 0 Å². The van der Waals surface area contributed by atoms with Gasteiger partial charge in [-0.1, -0.05) is 54.1 Å². The molecular weight excluding hydrogens is 292 g/mol. The van der Waals surface area contributed by atoms with Crippen LogP contribution in [0.1, 0.15) is 11.1 Å². The van der Waals surface area contributed by atoms with E-state index in [2.05, 4.69) is 0 Å². The fourth-order valence-corrected chi connectivity index (χ4v) is 2.44. The van der Waals surface area contributed by atoms with Gasteiger partial charge < -0.3 is 0 Å². The molecule has 0 N–H and O–H groups in total. The van der Waals surface area contributed by atoms with Crippen LogP contribution in [0.4, 0.5) is 0 Å². The van der Waals surface area contributed by atoms with Gasteiger partial charge in [0.1, 0.15) is 0 Å². The highest BCUT2D eigenvalue weighted by atomic mass is 35.5. The lowest BCUT2D eigenvalue weighted by Gasteiger charge is -1.94. The maximum atomic E-state index is 11.8. The van der Waals surface area contributed by atoms with Crippen molar-refractivity contribution >= 4 is 33.6 Å². The summed E-state index contributed by atoms with van der Waals surface area (Å²) in [7, 11) is -3.38. The van der Waals surface area contributed by atoms with Gasteiger partial charge in [-0.05, 0) is 35.4 Å². The van der Waals surface area contributed by atoms with E-state index < -0.39 is 9.84 Å². The van der Waals surface area contributed by atoms with E-state index in [1.165, 1.54) is 10.8 Å². The summed E-state index contributed by atoms with van der Waals surface area (Å²) in [4.78, 5) is 0. The molecule has 0 heterocycles. The van der Waals surface area contributed by atoms with Gasteiger partial charge in [-0.3, -0.25) is 0 Å². The van der Waals surface area contributed by atoms with Crippen molar-refractivity contribution in [3.63, 3.8) is 0 Å². The van der Waals surface area contributed by atoms with Crippen LogP contribution in [-0.4, -0.2) is 8.42 Å². The Balaban J connectivity index is 2.11. The van der Waals surface area contributed by atoms with Crippen LogP contribution in [0.5, 0.6) is 0 Å². The summed E-state index contributed by atoms with van der Waals surface area (Å²) in [5.41, 5.74) is 1.63. The van der Waals surface area contributed by atoms with E-state index in [1.807, 2.05) is 30.3 Å². The number of halogens is 1. The molecule has 0 amide bonds. The number of hydrogen-bond acceptors (Lipinski definition) is 2. The third kappa shape index (κ3) is 4.68. The second-order valence-electron chi connectivity index (χ2n) is 4.16. The van der Waals surface area contributed by atoms with Gasteiger partial charge in [-0.25, -0.2) is 8.42 Å². The highest BCUT2D eigenvalue weighted by Gasteiger charge is 1.99. The molecule has 2 rings (SSSR count). The quantitative estimate of drug-likeness (QED) is 0.839. The predicted octanol–water partition coefficient (Wildman–Crippen LogP) is 4.40. The van der Waals surface area contributed by atoms with Crippen molar-refractivity contribution in [3.8, 4) is 0 Å². The Morgan fingerprint density at radius 2 is 1.25 bits per heavy atom. The highest BCUT2D eigenvalue weighted by molar-refractivity contribution is 7.97. The molecule has 2 nitrogen and oxygen atoms in total. The Morgan fingerprint density at radius 3 is 1.80 bits per heavy atom. The van der Waals surface area contributed by atoms with E-state index in [0.29, 0.717) is 5.02 Å². The maximum absolute atomic E-state index is 11.8. The van der Waals surface area contributed by atoms with E-state index >= 15 is 0 Å². The average molecular weight is 305 g/mol. The summed E-state index contributed by atoms with van der Waals surface area (Å²) in [5.74, 6) is 0. The number of benzene rings is 2. The van der Waals surface area contributed by atoms with E-state index in [9.17, 15) is 8.42 Å². The van der Waals surface area contributed by atoms with Crippen LogP contribution in [0.25, 0.3) is 12.2 Å². The fourth-order valence-electron chi connectivity index (χ4n) is 1.53. The van der Waals surface area contributed by atoms with E-state index in [0.717, 1.165) is 11.1 Å². The van der Waals surface area contributed by atoms with Crippen molar-refractivity contribution in [3.05, 3.63) is 81.6 Å². The third-order valence-electron chi connectivity index (χ3n) is 2.57. The Labute approximate surface area is 123 Å². The van der Waals surface area contributed by atoms with Crippen molar-refractivity contribution in [2.75, 3.05) is 0 Å². The molecule has 0 bridgehead atoms. The molecule has 0 fully saturated rings. The minimum atomic E-state index is -3.38. The zero-order valence-electron chi connectivity index (χ0n) is 10.6. The Morgan fingerprint density at radius 1 is 0.750 bits per heavy atom. The number of hydrogen-bond donors (Lipinski definition) is 0. The summed E-state index contributed by atoms with van der Waals surface area (Å²) in [6.45, 7) is 0. The molecule has 2 aromatic carbocycles. The van der Waals surface area contributed by atoms with Gasteiger partial charge in [0.2, 0.25) is 0 Å². The molecule has 4 heteroatoms. The largest absolute Gasteiger partial charge is 0.220 e. The van der Waals surface area contributed by atoms with Gasteiger partial charge in [0.25, 0.3) is 0 Å². The molecule has 20 heavy (non-hydrogen) atoms. The molecule has 0 saturated carbocycles. The summed E-state index contributed by atoms with van der Waals surface area (Å²) in [6.07, 6.45) is 3.11. The van der Waals surface area contributed by atoms with Crippen molar-refractivity contribution in [2.45, 2.75) is 0 Å². The molecule has 102 valence electrons. The number of rotatable bonds is 4. The maximum Gasteiger partial charge on any atom is 0.193 e. The second kappa shape index (κ2) is 6.55. The molecule has 0 unspecified atom stereocenters. The minimum absolute atomic E-state index is 0.619. The first kappa shape index (κ1) is 14.6. The van der Waals surface area contributed by atoms with Gasteiger partial charge in [0.05, 0.1) is 0 Å². The minimum Gasteiger partial charge on any atom is -0.220 e. The van der Waals surface area contributed by atoms with Crippen LogP contribution in [0.15, 0.2) is 65.4 Å². The lowest BCUT2D eigenvalue weighted by Crippen LogP contribution is -1.87. The molecule has 0 radical (unpaired) electrons. The Kier molecular flexibility index (Phi) is 4.77. The molecule has 2 aromatic rings. The van der Waals surface area contributed by atoms with E-state index in [1.54, 1.807) is 36.4 Å². The smallest absolute Gasteiger partial charge is 0.193 e. The van der Waals surface area contributed by atoms with Gasteiger partial charge >= 0.3 is 0 Å². The average Bonchev–Trinajstić information content (AvgIpc) is 2.46. The van der Waals surface area contributed by atoms with Crippen LogP contribution in [0.2, 0.25) is 5.02 Å². The standard InChI is InChI=1S/C16H13ClO2S/c17-16-8-6-15(7-9-16)11-13-20(18,19)12-10-14-4-2-1-3-5-14/h1-13H/b12-10+,13-11+. The van der Waals surface area contributed by atoms with Crippen molar-refractivity contribution in [1.29, 1.82) is 0 Å². The van der Waals surface area contributed by atoms with E-state index in [4.69, 9.17) is 11.6 Å². The molecule has 0 aliphatic heterocycles. The number of sulfone groups is 1. The zero-order chi connectivity index (χ0) is 14.4. The molecule has 0 aliphatic carbocycles. The summed E-state index contributed by atoms with van der Waals surface area (Å²) >= 11 is 5.77. The van der Waals surface area contributed by atoms with E-state index in [-0.39, 0.29) is 0 Å². The van der Waals surface area contributed by atoms with Crippen LogP contribution in [-0.2, 0) is 9.84 Å². The van der Waals surface area contributed by atoms with Crippen LogP contribution in [0.3, 0.4) is 0 Å². The van der Waals surface area contributed by atoms with Gasteiger partial charge in [0.15, 0.2) is 9.84 Å². The summed E-state index contributed by atoms with van der Waals surface area (Å²) in [6, 6.07) is 16.2. The molecule has 0 aromatic heterocycles. The topological polar surface area (TPSA) is 34.1 Å². The van der Waals surface area contributed by atoms with Crippen molar-refractivity contribution in [2.24, 2.45) is 0 Å². The molecule has 0 spiro atoms. The first-order valence-corrected chi connectivity index (χ1v) is 7.96. The predicted molar refractivity (Wildman–Crippen MR) is 84.9 cm³/mol. The fraction of sp³-hybridized carbons (Fsp3) is 0. The van der Waals surface area contributed by atoms with Crippen LogP contribution >= 0.6 is 11.6 Å². The zero-order valence-corrected chi connectivity index (χ0v) is 12.2. The monoisotopic (exact) mass is 304 g/mol. The SMILES string of the molecule is O=S(=O)(/C=C/c1ccccc1)/C=C/c1ccc(Cl)cc1. The van der Waals surface area contributed by atoms with Crippen LogP contribution in [0, 0.1) is 0 Å². The summed E-state index contributed by atoms with van der Waals surface area (Å²) in [5, 5.41) is 2.98. The molecule has 0 aliphatic rings. The summed E-state index contributed by atoms with van der Waals surface area (Å²) < 4.78 is 23.7. The first-order chi connectivity index (χ1) is 9.55. The van der Waals surface area contributed by atoms with Gasteiger partial charge in [0, 0.05) is 15.8 Å². The molecule has 0 atom stereocenters. The van der Waals surface area contributed by atoms with Crippen LogP contribution < -0.4 is 0 Å².